The van der Waals surface area contributed by atoms with Crippen LogP contribution in [0.25, 0.3) is 0 Å². The van der Waals surface area contributed by atoms with E-state index >= 15 is 0 Å². The quantitative estimate of drug-likeness (QED) is 0.786. The first kappa shape index (κ1) is 14.3. The van der Waals surface area contributed by atoms with Crippen molar-refractivity contribution in [3.8, 4) is 0 Å². The zero-order valence-corrected chi connectivity index (χ0v) is 12.5. The number of benzene rings is 2. The Labute approximate surface area is 127 Å². The molecule has 0 saturated carbocycles. The highest BCUT2D eigenvalue weighted by Crippen LogP contribution is 2.26. The number of hydrogen-bond acceptors (Lipinski definition) is 1. The predicted octanol–water partition coefficient (Wildman–Crippen LogP) is 5.15. The van der Waals surface area contributed by atoms with E-state index in [1.54, 1.807) is 12.1 Å². The molecule has 0 aliphatic carbocycles. The van der Waals surface area contributed by atoms with Crippen molar-refractivity contribution in [1.29, 1.82) is 0 Å². The smallest absolute Gasteiger partial charge is 0.256 e. The Bertz CT molecular complexity index is 649. The van der Waals surface area contributed by atoms with E-state index in [9.17, 15) is 9.18 Å². The van der Waals surface area contributed by atoms with Gasteiger partial charge in [-0.3, -0.25) is 4.79 Å². The van der Waals surface area contributed by atoms with Crippen LogP contribution in [0.4, 0.5) is 10.1 Å². The number of hydrogen-bond donors (Lipinski definition) is 1. The van der Waals surface area contributed by atoms with E-state index in [0.29, 0.717) is 15.7 Å². The van der Waals surface area contributed by atoms with Gasteiger partial charge in [0.15, 0.2) is 0 Å². The summed E-state index contributed by atoms with van der Waals surface area (Å²) in [5.41, 5.74) is 0.682. The first-order chi connectivity index (χ1) is 8.99. The zero-order chi connectivity index (χ0) is 14.0. The molecule has 0 fully saturated rings. The monoisotopic (exact) mass is 361 g/mol. The second kappa shape index (κ2) is 5.90. The van der Waals surface area contributed by atoms with Gasteiger partial charge in [-0.1, -0.05) is 29.3 Å². The van der Waals surface area contributed by atoms with Crippen LogP contribution in [0.2, 0.25) is 10.0 Å². The molecule has 0 aliphatic rings. The summed E-state index contributed by atoms with van der Waals surface area (Å²) in [5.74, 6) is -0.938. The van der Waals surface area contributed by atoms with Crippen molar-refractivity contribution in [2.45, 2.75) is 0 Å². The molecule has 0 aliphatic heterocycles. The Balaban J connectivity index is 2.26. The third kappa shape index (κ3) is 3.26. The average molecular weight is 363 g/mol. The lowest BCUT2D eigenvalue weighted by Gasteiger charge is -2.08. The zero-order valence-electron chi connectivity index (χ0n) is 9.38. The number of anilines is 1. The Hall–Kier alpha value is -1.10. The minimum Gasteiger partial charge on any atom is -0.322 e. The number of halogens is 4. The van der Waals surface area contributed by atoms with Crippen LogP contribution in [0.15, 0.2) is 40.9 Å². The van der Waals surface area contributed by atoms with E-state index in [-0.39, 0.29) is 10.0 Å². The van der Waals surface area contributed by atoms with Gasteiger partial charge in [0.25, 0.3) is 5.91 Å². The maximum atomic E-state index is 13.3. The predicted molar refractivity (Wildman–Crippen MR) is 78.5 cm³/mol. The molecular weight excluding hydrogens is 356 g/mol. The van der Waals surface area contributed by atoms with E-state index in [4.69, 9.17) is 23.2 Å². The molecular formula is C13H7BrCl2FNO. The highest BCUT2D eigenvalue weighted by Gasteiger charge is 2.13. The number of carbonyl (C=O) groups is 1. The van der Waals surface area contributed by atoms with Crippen LogP contribution in [0.3, 0.4) is 0 Å². The molecule has 1 amide bonds. The summed E-state index contributed by atoms with van der Waals surface area (Å²) in [7, 11) is 0. The normalized spacial score (nSPS) is 10.3. The number of nitrogens with one attached hydrogen (secondary N) is 1. The van der Waals surface area contributed by atoms with Crippen LogP contribution in [0, 0.1) is 5.82 Å². The Morgan fingerprint density at radius 3 is 2.58 bits per heavy atom. The van der Waals surface area contributed by atoms with Gasteiger partial charge in [-0.25, -0.2) is 4.39 Å². The molecule has 98 valence electrons. The molecule has 6 heteroatoms. The summed E-state index contributed by atoms with van der Waals surface area (Å²) >= 11 is 14.7. The van der Waals surface area contributed by atoms with Crippen molar-refractivity contribution >= 4 is 50.7 Å². The lowest BCUT2D eigenvalue weighted by atomic mass is 10.2. The Kier molecular flexibility index (Phi) is 4.45. The van der Waals surface area contributed by atoms with Crippen LogP contribution in [0.1, 0.15) is 10.4 Å². The van der Waals surface area contributed by atoms with Crippen molar-refractivity contribution in [2.75, 3.05) is 5.32 Å². The molecule has 19 heavy (non-hydrogen) atoms. The molecule has 0 atom stereocenters. The molecule has 1 N–H and O–H groups in total. The summed E-state index contributed by atoms with van der Waals surface area (Å²) in [4.78, 5) is 12.0. The highest BCUT2D eigenvalue weighted by molar-refractivity contribution is 9.10. The number of rotatable bonds is 2. The standard InChI is InChI=1S/C13H7BrCl2FNO/c14-12-8(2-1-3-11(12)17)13(19)18-7-4-5-9(15)10(16)6-7/h1-6H,(H,18,19). The van der Waals surface area contributed by atoms with Crippen LogP contribution < -0.4 is 5.32 Å². The van der Waals surface area contributed by atoms with Gasteiger partial charge >= 0.3 is 0 Å². The molecule has 2 aromatic carbocycles. The molecule has 2 rings (SSSR count). The molecule has 0 bridgehead atoms. The molecule has 0 spiro atoms. The number of carbonyl (C=O) groups excluding carboxylic acids is 1. The SMILES string of the molecule is O=C(Nc1ccc(Cl)c(Cl)c1)c1cccc(F)c1Br. The van der Waals surface area contributed by atoms with Gasteiger partial charge in [-0.05, 0) is 46.3 Å². The lowest BCUT2D eigenvalue weighted by Crippen LogP contribution is -2.13. The third-order valence-corrected chi connectivity index (χ3v) is 3.92. The summed E-state index contributed by atoms with van der Waals surface area (Å²) in [6.07, 6.45) is 0. The van der Waals surface area contributed by atoms with E-state index in [1.807, 2.05) is 0 Å². The molecule has 2 nitrogen and oxygen atoms in total. The maximum absolute atomic E-state index is 13.3. The maximum Gasteiger partial charge on any atom is 0.256 e. The second-order valence-electron chi connectivity index (χ2n) is 3.68. The average Bonchev–Trinajstić information content (AvgIpc) is 2.37. The highest BCUT2D eigenvalue weighted by atomic mass is 79.9. The molecule has 0 saturated heterocycles. The van der Waals surface area contributed by atoms with E-state index in [2.05, 4.69) is 21.2 Å². The van der Waals surface area contributed by atoms with Crippen molar-refractivity contribution in [2.24, 2.45) is 0 Å². The van der Waals surface area contributed by atoms with Crippen LogP contribution in [-0.4, -0.2) is 5.91 Å². The minimum absolute atomic E-state index is 0.118. The van der Waals surface area contributed by atoms with Gasteiger partial charge in [0.05, 0.1) is 20.1 Å². The van der Waals surface area contributed by atoms with Gasteiger partial charge < -0.3 is 5.32 Å². The van der Waals surface area contributed by atoms with Crippen LogP contribution in [-0.2, 0) is 0 Å². The van der Waals surface area contributed by atoms with Crippen molar-refractivity contribution in [1.82, 2.24) is 0 Å². The van der Waals surface area contributed by atoms with E-state index < -0.39 is 11.7 Å². The first-order valence-corrected chi connectivity index (χ1v) is 6.74. The molecule has 0 unspecified atom stereocenters. The Morgan fingerprint density at radius 2 is 1.89 bits per heavy atom. The Morgan fingerprint density at radius 1 is 1.16 bits per heavy atom. The van der Waals surface area contributed by atoms with E-state index in [0.717, 1.165) is 0 Å². The molecule has 0 aromatic heterocycles. The summed E-state index contributed by atoms with van der Waals surface area (Å²) < 4.78 is 13.4. The van der Waals surface area contributed by atoms with Gasteiger partial charge in [-0.15, -0.1) is 0 Å². The summed E-state index contributed by atoms with van der Waals surface area (Å²) in [6, 6.07) is 8.94. The van der Waals surface area contributed by atoms with Crippen molar-refractivity contribution < 1.29 is 9.18 Å². The van der Waals surface area contributed by atoms with Crippen molar-refractivity contribution in [3.05, 3.63) is 62.3 Å². The fraction of sp³-hybridized carbons (Fsp3) is 0. The van der Waals surface area contributed by atoms with E-state index in [1.165, 1.54) is 24.3 Å². The van der Waals surface area contributed by atoms with Gasteiger partial charge in [-0.2, -0.15) is 0 Å². The molecule has 0 heterocycles. The topological polar surface area (TPSA) is 29.1 Å². The largest absolute Gasteiger partial charge is 0.322 e. The summed E-state index contributed by atoms with van der Waals surface area (Å²) in [6.45, 7) is 0. The first-order valence-electron chi connectivity index (χ1n) is 5.19. The third-order valence-electron chi connectivity index (χ3n) is 2.37. The van der Waals surface area contributed by atoms with Crippen LogP contribution >= 0.6 is 39.1 Å². The van der Waals surface area contributed by atoms with Crippen molar-refractivity contribution in [3.63, 3.8) is 0 Å². The fourth-order valence-corrected chi connectivity index (χ4v) is 2.19. The van der Waals surface area contributed by atoms with Gasteiger partial charge in [0.1, 0.15) is 5.82 Å². The lowest BCUT2D eigenvalue weighted by molar-refractivity contribution is 0.102. The van der Waals surface area contributed by atoms with Gasteiger partial charge in [0.2, 0.25) is 0 Å². The van der Waals surface area contributed by atoms with Gasteiger partial charge in [0, 0.05) is 5.69 Å². The minimum atomic E-state index is -0.498. The van der Waals surface area contributed by atoms with Crippen LogP contribution in [0.5, 0.6) is 0 Å². The summed E-state index contributed by atoms with van der Waals surface area (Å²) in [5, 5.41) is 3.34. The fourth-order valence-electron chi connectivity index (χ4n) is 1.45. The molecule has 0 radical (unpaired) electrons. The second-order valence-corrected chi connectivity index (χ2v) is 5.29. The number of amides is 1. The molecule has 2 aromatic rings.